The maximum atomic E-state index is 13.4. The Balaban J connectivity index is 1.81. The smallest absolute Gasteiger partial charge is 0.271 e. The third-order valence-corrected chi connectivity index (χ3v) is 6.72. The van der Waals surface area contributed by atoms with Gasteiger partial charge in [0.15, 0.2) is 5.17 Å². The standard InChI is InChI=1S/C23H16I2N2O2S/c1-29-21-15(12-16(24)14-19(21)25)13-20-22(28)27(18-10-6-3-7-11-18)23(30-20)26-17-8-4-2-5-9-17/h2-14H,1H3/b20-13-,26-23?. The van der Waals surface area contributed by atoms with Gasteiger partial charge in [-0.1, -0.05) is 36.4 Å². The van der Waals surface area contributed by atoms with Crippen molar-refractivity contribution < 1.29 is 9.53 Å². The molecule has 1 heterocycles. The molecular formula is C23H16I2N2O2S. The molecule has 0 aromatic heterocycles. The molecule has 150 valence electrons. The predicted octanol–water partition coefficient (Wildman–Crippen LogP) is 6.71. The molecule has 3 aromatic carbocycles. The maximum absolute atomic E-state index is 13.4. The molecule has 0 spiro atoms. The Morgan fingerprint density at radius 2 is 1.67 bits per heavy atom. The summed E-state index contributed by atoms with van der Waals surface area (Å²) in [5, 5.41) is 0.628. The molecule has 0 unspecified atom stereocenters. The van der Waals surface area contributed by atoms with E-state index in [0.717, 1.165) is 29.8 Å². The van der Waals surface area contributed by atoms with E-state index in [-0.39, 0.29) is 5.91 Å². The van der Waals surface area contributed by atoms with Crippen LogP contribution in [0.2, 0.25) is 0 Å². The normalized spacial score (nSPS) is 16.5. The first-order chi connectivity index (χ1) is 14.6. The van der Waals surface area contributed by atoms with Crippen LogP contribution in [0.25, 0.3) is 6.08 Å². The minimum atomic E-state index is -0.100. The van der Waals surface area contributed by atoms with Gasteiger partial charge in [0.25, 0.3) is 5.91 Å². The average Bonchev–Trinajstić information content (AvgIpc) is 3.04. The Morgan fingerprint density at radius 1 is 1.00 bits per heavy atom. The number of amidine groups is 1. The summed E-state index contributed by atoms with van der Waals surface area (Å²) < 4.78 is 7.67. The predicted molar refractivity (Wildman–Crippen MR) is 141 cm³/mol. The van der Waals surface area contributed by atoms with Crippen molar-refractivity contribution in [2.45, 2.75) is 0 Å². The highest BCUT2D eigenvalue weighted by atomic mass is 127. The number of nitrogens with zero attached hydrogens (tertiary/aromatic N) is 2. The van der Waals surface area contributed by atoms with E-state index in [2.05, 4.69) is 45.2 Å². The molecule has 1 amide bonds. The fourth-order valence-electron chi connectivity index (χ4n) is 3.01. The van der Waals surface area contributed by atoms with Crippen molar-refractivity contribution in [2.24, 2.45) is 4.99 Å². The number of benzene rings is 3. The zero-order valence-electron chi connectivity index (χ0n) is 15.9. The van der Waals surface area contributed by atoms with Crippen LogP contribution in [0.5, 0.6) is 5.75 Å². The summed E-state index contributed by atoms with van der Waals surface area (Å²) in [7, 11) is 1.65. The number of halogens is 2. The van der Waals surface area contributed by atoms with Crippen molar-refractivity contribution in [3.63, 3.8) is 0 Å². The quantitative estimate of drug-likeness (QED) is 0.236. The summed E-state index contributed by atoms with van der Waals surface area (Å²) in [4.78, 5) is 20.4. The molecule has 0 saturated carbocycles. The van der Waals surface area contributed by atoms with Crippen LogP contribution in [0, 0.1) is 7.14 Å². The van der Waals surface area contributed by atoms with Gasteiger partial charge in [0.2, 0.25) is 0 Å². The molecule has 1 saturated heterocycles. The van der Waals surface area contributed by atoms with E-state index < -0.39 is 0 Å². The van der Waals surface area contributed by atoms with Crippen molar-refractivity contribution >= 4 is 85.5 Å². The van der Waals surface area contributed by atoms with Crippen LogP contribution in [0.4, 0.5) is 11.4 Å². The van der Waals surface area contributed by atoms with Gasteiger partial charge in [-0.25, -0.2) is 4.99 Å². The van der Waals surface area contributed by atoms with Gasteiger partial charge in [-0.3, -0.25) is 9.69 Å². The first-order valence-electron chi connectivity index (χ1n) is 9.02. The first-order valence-corrected chi connectivity index (χ1v) is 12.0. The zero-order chi connectivity index (χ0) is 21.1. The van der Waals surface area contributed by atoms with Crippen LogP contribution in [0.15, 0.2) is 82.7 Å². The molecule has 1 aliphatic rings. The number of ether oxygens (including phenoxy) is 1. The van der Waals surface area contributed by atoms with Crippen LogP contribution in [-0.4, -0.2) is 18.2 Å². The molecule has 1 aliphatic heterocycles. The lowest BCUT2D eigenvalue weighted by atomic mass is 10.2. The van der Waals surface area contributed by atoms with E-state index in [9.17, 15) is 4.79 Å². The first kappa shape index (κ1) is 21.4. The van der Waals surface area contributed by atoms with Crippen LogP contribution >= 0.6 is 56.9 Å². The van der Waals surface area contributed by atoms with Gasteiger partial charge < -0.3 is 4.74 Å². The molecule has 30 heavy (non-hydrogen) atoms. The lowest BCUT2D eigenvalue weighted by Crippen LogP contribution is -2.28. The number of anilines is 1. The Hall–Kier alpha value is -1.85. The summed E-state index contributed by atoms with van der Waals surface area (Å²) in [5.41, 5.74) is 2.47. The number of thioether (sulfide) groups is 1. The number of carbonyl (C=O) groups is 1. The summed E-state index contributed by atoms with van der Waals surface area (Å²) >= 11 is 5.89. The van der Waals surface area contributed by atoms with E-state index in [4.69, 9.17) is 9.73 Å². The highest BCUT2D eigenvalue weighted by Gasteiger charge is 2.35. The van der Waals surface area contributed by atoms with E-state index in [1.54, 1.807) is 12.0 Å². The Labute approximate surface area is 206 Å². The van der Waals surface area contributed by atoms with Crippen LogP contribution < -0.4 is 9.64 Å². The molecule has 0 atom stereocenters. The summed E-state index contributed by atoms with van der Waals surface area (Å²) in [6.07, 6.45) is 1.89. The van der Waals surface area contributed by atoms with E-state index in [1.165, 1.54) is 11.8 Å². The van der Waals surface area contributed by atoms with Gasteiger partial charge in [0, 0.05) is 9.13 Å². The van der Waals surface area contributed by atoms with Crippen LogP contribution in [0.1, 0.15) is 5.56 Å². The third-order valence-electron chi connectivity index (χ3n) is 4.33. The number of hydrogen-bond donors (Lipinski definition) is 0. The van der Waals surface area contributed by atoms with Crippen molar-refractivity contribution in [1.82, 2.24) is 0 Å². The van der Waals surface area contributed by atoms with Crippen molar-refractivity contribution in [1.29, 1.82) is 0 Å². The molecule has 1 fully saturated rings. The topological polar surface area (TPSA) is 41.9 Å². The highest BCUT2D eigenvalue weighted by molar-refractivity contribution is 14.1. The number of carbonyl (C=O) groups excluding carboxylic acids is 1. The van der Waals surface area contributed by atoms with Crippen LogP contribution in [0.3, 0.4) is 0 Å². The number of hydrogen-bond acceptors (Lipinski definition) is 4. The molecular weight excluding hydrogens is 622 g/mol. The van der Waals surface area contributed by atoms with Crippen molar-refractivity contribution in [3.05, 3.63) is 90.4 Å². The number of para-hydroxylation sites is 2. The second kappa shape index (κ2) is 9.52. The number of rotatable bonds is 4. The van der Waals surface area contributed by atoms with Gasteiger partial charge in [-0.05, 0) is 99.4 Å². The van der Waals surface area contributed by atoms with Crippen molar-refractivity contribution in [2.75, 3.05) is 12.0 Å². The minimum absolute atomic E-state index is 0.100. The summed E-state index contributed by atoms with van der Waals surface area (Å²) in [6.45, 7) is 0. The van der Waals surface area contributed by atoms with Gasteiger partial charge in [-0.15, -0.1) is 0 Å². The lowest BCUT2D eigenvalue weighted by Gasteiger charge is -2.15. The maximum Gasteiger partial charge on any atom is 0.271 e. The van der Waals surface area contributed by atoms with E-state index in [0.29, 0.717) is 10.1 Å². The Morgan fingerprint density at radius 3 is 2.33 bits per heavy atom. The monoisotopic (exact) mass is 638 g/mol. The highest BCUT2D eigenvalue weighted by Crippen LogP contribution is 2.39. The number of amides is 1. The van der Waals surface area contributed by atoms with Crippen molar-refractivity contribution in [3.8, 4) is 5.75 Å². The molecule has 4 nitrogen and oxygen atoms in total. The molecule has 4 rings (SSSR count). The zero-order valence-corrected chi connectivity index (χ0v) is 21.0. The Kier molecular flexibility index (Phi) is 6.79. The average molecular weight is 638 g/mol. The lowest BCUT2D eigenvalue weighted by molar-refractivity contribution is -0.113. The molecule has 0 aliphatic carbocycles. The fraction of sp³-hybridized carbons (Fsp3) is 0.0435. The number of aliphatic imine (C=N–C) groups is 1. The number of methoxy groups -OCH3 is 1. The molecule has 0 N–H and O–H groups in total. The van der Waals surface area contributed by atoms with Gasteiger partial charge >= 0.3 is 0 Å². The minimum Gasteiger partial charge on any atom is -0.495 e. The second-order valence-corrected chi connectivity index (χ2v) is 9.74. The molecule has 3 aromatic rings. The van der Waals surface area contributed by atoms with Gasteiger partial charge in [-0.2, -0.15) is 0 Å². The van der Waals surface area contributed by atoms with Gasteiger partial charge in [0.05, 0.1) is 27.0 Å². The Bertz CT molecular complexity index is 1150. The molecule has 0 bridgehead atoms. The second-order valence-electron chi connectivity index (χ2n) is 6.33. The fourth-order valence-corrected chi connectivity index (χ4v) is 6.11. The SMILES string of the molecule is COc1c(I)cc(I)cc1/C=C1\SC(=Nc2ccccc2)N(c2ccccc2)C1=O. The summed E-state index contributed by atoms with van der Waals surface area (Å²) in [6, 6.07) is 23.3. The largest absolute Gasteiger partial charge is 0.495 e. The molecule has 0 radical (unpaired) electrons. The summed E-state index contributed by atoms with van der Waals surface area (Å²) in [5.74, 6) is 0.661. The molecule has 7 heteroatoms. The van der Waals surface area contributed by atoms with Crippen LogP contribution in [-0.2, 0) is 4.79 Å². The third kappa shape index (κ3) is 4.57. The van der Waals surface area contributed by atoms with Gasteiger partial charge in [0.1, 0.15) is 5.75 Å². The van der Waals surface area contributed by atoms with E-state index >= 15 is 0 Å². The van der Waals surface area contributed by atoms with E-state index in [1.807, 2.05) is 78.9 Å².